The van der Waals surface area contributed by atoms with Crippen LogP contribution in [0.25, 0.3) is 0 Å². The van der Waals surface area contributed by atoms with Gasteiger partial charge in [0.1, 0.15) is 11.5 Å². The van der Waals surface area contributed by atoms with Gasteiger partial charge in [-0.2, -0.15) is 13.2 Å². The first kappa shape index (κ1) is 25.0. The topological polar surface area (TPSA) is 114 Å². The molecular formula is C18H14ClF4N5O3S2. The van der Waals surface area contributed by atoms with Gasteiger partial charge in [0.25, 0.3) is 5.91 Å². The lowest BCUT2D eigenvalue weighted by molar-refractivity contribution is -0.142. The zero-order valence-electron chi connectivity index (χ0n) is 16.6. The Hall–Kier alpha value is -2.68. The number of amides is 1. The van der Waals surface area contributed by atoms with E-state index < -0.39 is 61.5 Å². The highest BCUT2D eigenvalue weighted by Gasteiger charge is 2.37. The van der Waals surface area contributed by atoms with Crippen molar-refractivity contribution in [2.24, 2.45) is 0 Å². The van der Waals surface area contributed by atoms with Crippen LogP contribution in [0.3, 0.4) is 0 Å². The summed E-state index contributed by atoms with van der Waals surface area (Å²) in [7, 11) is -4.34. The molecule has 33 heavy (non-hydrogen) atoms. The Morgan fingerprint density at radius 2 is 1.91 bits per heavy atom. The molecule has 0 aliphatic rings. The summed E-state index contributed by atoms with van der Waals surface area (Å²) >= 11 is 6.86. The molecule has 15 heteroatoms. The first-order valence-electron chi connectivity index (χ1n) is 8.94. The molecule has 2 N–H and O–H groups in total. The van der Waals surface area contributed by atoms with E-state index in [-0.39, 0.29) is 6.54 Å². The second-order valence-electron chi connectivity index (χ2n) is 6.48. The highest BCUT2D eigenvalue weighted by atomic mass is 35.5. The number of benzene rings is 1. The van der Waals surface area contributed by atoms with E-state index >= 15 is 0 Å². The molecule has 2 aromatic heterocycles. The third-order valence-corrected chi connectivity index (χ3v) is 6.67. The van der Waals surface area contributed by atoms with Gasteiger partial charge in [0.2, 0.25) is 10.0 Å². The summed E-state index contributed by atoms with van der Waals surface area (Å²) in [6, 6.07) is 2.52. The molecule has 0 atom stereocenters. The number of halogens is 5. The van der Waals surface area contributed by atoms with E-state index in [0.717, 1.165) is 29.4 Å². The minimum Gasteiger partial charge on any atom is -0.346 e. The SMILES string of the molecule is Cc1ncc(CNC(=O)c2cnc(CNS(=O)(=O)c3ccc(F)c(Cl)c3)c(C(F)(F)F)n2)s1. The summed E-state index contributed by atoms with van der Waals surface area (Å²) in [5.41, 5.74) is -2.88. The maximum atomic E-state index is 13.5. The molecule has 1 aromatic carbocycles. The van der Waals surface area contributed by atoms with Crippen LogP contribution in [0.2, 0.25) is 5.02 Å². The van der Waals surface area contributed by atoms with Crippen molar-refractivity contribution in [1.82, 2.24) is 25.0 Å². The van der Waals surface area contributed by atoms with Crippen LogP contribution in [-0.2, 0) is 29.3 Å². The van der Waals surface area contributed by atoms with Crippen molar-refractivity contribution < 1.29 is 30.8 Å². The zero-order valence-corrected chi connectivity index (χ0v) is 19.0. The number of thiazole rings is 1. The first-order valence-corrected chi connectivity index (χ1v) is 11.6. The van der Waals surface area contributed by atoms with Gasteiger partial charge < -0.3 is 5.32 Å². The van der Waals surface area contributed by atoms with Crippen LogP contribution >= 0.6 is 22.9 Å². The third-order valence-electron chi connectivity index (χ3n) is 4.07. The van der Waals surface area contributed by atoms with E-state index in [1.807, 2.05) is 4.72 Å². The Labute approximate surface area is 194 Å². The third kappa shape index (κ3) is 6.22. The quantitative estimate of drug-likeness (QED) is 0.458. The smallest absolute Gasteiger partial charge is 0.346 e. The predicted molar refractivity (Wildman–Crippen MR) is 110 cm³/mol. The van der Waals surface area contributed by atoms with E-state index in [4.69, 9.17) is 11.6 Å². The molecule has 0 unspecified atom stereocenters. The molecule has 3 rings (SSSR count). The number of hydrogen-bond acceptors (Lipinski definition) is 7. The number of carbonyl (C=O) groups is 1. The average Bonchev–Trinajstić information content (AvgIpc) is 3.16. The van der Waals surface area contributed by atoms with Crippen molar-refractivity contribution in [3.63, 3.8) is 0 Å². The van der Waals surface area contributed by atoms with Gasteiger partial charge in [-0.1, -0.05) is 11.6 Å². The van der Waals surface area contributed by atoms with Gasteiger partial charge in [-0.05, 0) is 25.1 Å². The fourth-order valence-corrected chi connectivity index (χ4v) is 4.51. The minimum absolute atomic E-state index is 0.0369. The highest BCUT2D eigenvalue weighted by Crippen LogP contribution is 2.30. The number of sulfonamides is 1. The first-order chi connectivity index (χ1) is 15.4. The molecule has 8 nitrogen and oxygen atoms in total. The van der Waals surface area contributed by atoms with E-state index in [1.165, 1.54) is 17.5 Å². The van der Waals surface area contributed by atoms with Crippen LogP contribution in [0, 0.1) is 12.7 Å². The highest BCUT2D eigenvalue weighted by molar-refractivity contribution is 7.89. The van der Waals surface area contributed by atoms with Gasteiger partial charge in [-0.15, -0.1) is 11.3 Å². The van der Waals surface area contributed by atoms with E-state index in [9.17, 15) is 30.8 Å². The second-order valence-corrected chi connectivity index (χ2v) is 9.97. The standard InChI is InChI=1S/C18H14ClF4N5O3S2/c1-9-24-5-10(32-9)6-26-17(29)15-7-25-14(16(28-15)18(21,22)23)8-27-33(30,31)11-2-3-13(20)12(19)4-11/h2-5,7,27H,6,8H2,1H3,(H,26,29). The lowest BCUT2D eigenvalue weighted by Gasteiger charge is -2.13. The Morgan fingerprint density at radius 1 is 1.18 bits per heavy atom. The summed E-state index contributed by atoms with van der Waals surface area (Å²) in [6.45, 7) is 0.908. The molecule has 0 saturated heterocycles. The summed E-state index contributed by atoms with van der Waals surface area (Å²) < 4.78 is 80.4. The van der Waals surface area contributed by atoms with Gasteiger partial charge in [-0.3, -0.25) is 9.78 Å². The normalized spacial score (nSPS) is 12.1. The lowest BCUT2D eigenvalue weighted by atomic mass is 10.2. The Kier molecular flexibility index (Phi) is 7.31. The Balaban J connectivity index is 1.79. The lowest BCUT2D eigenvalue weighted by Crippen LogP contribution is -2.28. The van der Waals surface area contributed by atoms with Gasteiger partial charge >= 0.3 is 6.18 Å². The monoisotopic (exact) mass is 523 g/mol. The number of carbonyl (C=O) groups excluding carboxylic acids is 1. The summed E-state index contributed by atoms with van der Waals surface area (Å²) in [4.78, 5) is 23.4. The minimum atomic E-state index is -5.02. The number of rotatable bonds is 7. The molecule has 2 heterocycles. The number of nitrogens with one attached hydrogen (secondary N) is 2. The van der Waals surface area contributed by atoms with Gasteiger partial charge in [0, 0.05) is 11.1 Å². The summed E-state index contributed by atoms with van der Waals surface area (Å²) in [6.07, 6.45) is -2.68. The molecule has 0 aliphatic carbocycles. The molecule has 0 radical (unpaired) electrons. The van der Waals surface area contributed by atoms with Crippen LogP contribution in [0.5, 0.6) is 0 Å². The van der Waals surface area contributed by atoms with Crippen LogP contribution in [0.1, 0.15) is 31.8 Å². The molecule has 0 bridgehead atoms. The Bertz CT molecular complexity index is 1300. The van der Waals surface area contributed by atoms with Gasteiger partial charge in [0.05, 0.1) is 39.9 Å². The van der Waals surface area contributed by atoms with Crippen molar-refractivity contribution in [2.45, 2.75) is 31.1 Å². The molecular weight excluding hydrogens is 510 g/mol. The fourth-order valence-electron chi connectivity index (χ4n) is 2.52. The number of nitrogens with zero attached hydrogens (tertiary/aromatic N) is 3. The molecule has 0 spiro atoms. The van der Waals surface area contributed by atoms with E-state index in [1.54, 1.807) is 6.92 Å². The van der Waals surface area contributed by atoms with Crippen LogP contribution in [-0.4, -0.2) is 29.3 Å². The molecule has 0 fully saturated rings. The van der Waals surface area contributed by atoms with Crippen molar-refractivity contribution in [3.05, 3.63) is 68.4 Å². The van der Waals surface area contributed by atoms with Gasteiger partial charge in [-0.25, -0.2) is 27.5 Å². The van der Waals surface area contributed by atoms with Crippen molar-refractivity contribution in [3.8, 4) is 0 Å². The average molecular weight is 524 g/mol. The van der Waals surface area contributed by atoms with Crippen LogP contribution < -0.4 is 10.0 Å². The molecule has 3 aromatic rings. The van der Waals surface area contributed by atoms with Crippen molar-refractivity contribution >= 4 is 38.9 Å². The molecule has 1 amide bonds. The number of aryl methyl sites for hydroxylation is 1. The fraction of sp³-hybridized carbons (Fsp3) is 0.222. The van der Waals surface area contributed by atoms with Gasteiger partial charge in [0.15, 0.2) is 5.69 Å². The summed E-state index contributed by atoms with van der Waals surface area (Å²) in [5.74, 6) is -1.76. The maximum Gasteiger partial charge on any atom is 0.435 e. The zero-order chi connectivity index (χ0) is 24.4. The molecule has 0 aliphatic heterocycles. The van der Waals surface area contributed by atoms with Crippen LogP contribution in [0.4, 0.5) is 17.6 Å². The molecule has 176 valence electrons. The predicted octanol–water partition coefficient (Wildman–Crippen LogP) is 3.46. The summed E-state index contributed by atoms with van der Waals surface area (Å²) in [5, 5.41) is 2.70. The molecule has 0 saturated carbocycles. The second kappa shape index (κ2) is 9.67. The van der Waals surface area contributed by atoms with Crippen LogP contribution in [0.15, 0.2) is 35.5 Å². The number of hydrogen-bond donors (Lipinski definition) is 2. The Morgan fingerprint density at radius 3 is 2.52 bits per heavy atom. The van der Waals surface area contributed by atoms with E-state index in [0.29, 0.717) is 4.88 Å². The van der Waals surface area contributed by atoms with Crippen molar-refractivity contribution in [2.75, 3.05) is 0 Å². The number of aromatic nitrogens is 3. The van der Waals surface area contributed by atoms with Crippen molar-refractivity contribution in [1.29, 1.82) is 0 Å². The number of alkyl halides is 3. The van der Waals surface area contributed by atoms with E-state index in [2.05, 4.69) is 20.3 Å². The largest absolute Gasteiger partial charge is 0.435 e. The maximum absolute atomic E-state index is 13.5.